The molecule has 21 heavy (non-hydrogen) atoms. The molecule has 1 aromatic carbocycles. The van der Waals surface area contributed by atoms with E-state index in [0.717, 1.165) is 6.07 Å². The van der Waals surface area contributed by atoms with Crippen molar-refractivity contribution in [2.24, 2.45) is 0 Å². The summed E-state index contributed by atoms with van der Waals surface area (Å²) in [6, 6.07) is 3.57. The third-order valence-electron chi connectivity index (χ3n) is 3.20. The number of ether oxygens (including phenoxy) is 1. The van der Waals surface area contributed by atoms with Crippen molar-refractivity contribution in [1.82, 2.24) is 19.5 Å². The van der Waals surface area contributed by atoms with Gasteiger partial charge in [-0.3, -0.25) is 0 Å². The Balaban J connectivity index is 1.85. The molecule has 0 aliphatic heterocycles. The van der Waals surface area contributed by atoms with Gasteiger partial charge in [0.05, 0.1) is 13.4 Å². The fourth-order valence-electron chi connectivity index (χ4n) is 2.14. The van der Waals surface area contributed by atoms with Gasteiger partial charge < -0.3 is 9.30 Å². The van der Waals surface area contributed by atoms with Gasteiger partial charge in [0.25, 0.3) is 0 Å². The minimum Gasteiger partial charge on any atom is -0.479 e. The molecule has 0 N–H and O–H groups in total. The molecule has 0 radical (unpaired) electrons. The van der Waals surface area contributed by atoms with Crippen LogP contribution in [0.2, 0.25) is 0 Å². The Labute approximate surface area is 119 Å². The van der Waals surface area contributed by atoms with Gasteiger partial charge in [0.1, 0.15) is 18.0 Å². The van der Waals surface area contributed by atoms with E-state index in [1.54, 1.807) is 10.9 Å². The van der Waals surface area contributed by atoms with Crippen LogP contribution in [0, 0.1) is 11.6 Å². The zero-order chi connectivity index (χ0) is 14.8. The highest BCUT2D eigenvalue weighted by Crippen LogP contribution is 2.19. The highest BCUT2D eigenvalue weighted by molar-refractivity contribution is 5.75. The molecular weight excluding hydrogens is 278 g/mol. The Hall–Kier alpha value is -2.57. The van der Waals surface area contributed by atoms with Crippen molar-refractivity contribution in [2.45, 2.75) is 13.0 Å². The lowest BCUT2D eigenvalue weighted by Gasteiger charge is -2.05. The molecule has 2 heterocycles. The quantitative estimate of drug-likeness (QED) is 0.740. The van der Waals surface area contributed by atoms with Gasteiger partial charge in [0, 0.05) is 12.6 Å². The molecule has 0 unspecified atom stereocenters. The molecule has 2 aromatic heterocycles. The number of fused-ring (bicyclic) bond motifs is 1. The number of hydrogen-bond acceptors (Lipinski definition) is 4. The number of nitrogens with zero attached hydrogens (tertiary/aromatic N) is 4. The average molecular weight is 290 g/mol. The maximum Gasteiger partial charge on any atom is 0.245 e. The lowest BCUT2D eigenvalue weighted by molar-refractivity contribution is 0.401. The second-order valence-electron chi connectivity index (χ2n) is 4.48. The van der Waals surface area contributed by atoms with Crippen LogP contribution in [0.5, 0.6) is 5.88 Å². The summed E-state index contributed by atoms with van der Waals surface area (Å²) in [6.07, 6.45) is 3.39. The fourth-order valence-corrected chi connectivity index (χ4v) is 2.14. The van der Waals surface area contributed by atoms with Gasteiger partial charge in [-0.05, 0) is 18.1 Å². The van der Waals surface area contributed by atoms with Crippen LogP contribution in [-0.4, -0.2) is 26.6 Å². The van der Waals surface area contributed by atoms with Crippen molar-refractivity contribution < 1.29 is 13.5 Å². The summed E-state index contributed by atoms with van der Waals surface area (Å²) in [5, 5.41) is 0. The summed E-state index contributed by atoms with van der Waals surface area (Å²) in [7, 11) is 1.51. The molecule has 0 saturated carbocycles. The van der Waals surface area contributed by atoms with E-state index < -0.39 is 11.6 Å². The molecule has 0 amide bonds. The molecule has 0 bridgehead atoms. The second kappa shape index (κ2) is 5.43. The minimum absolute atomic E-state index is 0.395. The van der Waals surface area contributed by atoms with Crippen molar-refractivity contribution in [3.8, 4) is 5.88 Å². The predicted molar refractivity (Wildman–Crippen MR) is 71.9 cm³/mol. The Bertz CT molecular complexity index is 788. The number of rotatable bonds is 4. The molecule has 0 atom stereocenters. The van der Waals surface area contributed by atoms with Crippen molar-refractivity contribution in [2.75, 3.05) is 7.11 Å². The lowest BCUT2D eigenvalue weighted by atomic mass is 10.1. The van der Waals surface area contributed by atoms with Crippen molar-refractivity contribution in [1.29, 1.82) is 0 Å². The van der Waals surface area contributed by atoms with Crippen molar-refractivity contribution in [3.05, 3.63) is 48.1 Å². The molecule has 3 rings (SSSR count). The molecule has 108 valence electrons. The van der Waals surface area contributed by atoms with Crippen LogP contribution in [0.15, 0.2) is 30.9 Å². The van der Waals surface area contributed by atoms with Crippen LogP contribution in [0.25, 0.3) is 11.2 Å². The van der Waals surface area contributed by atoms with Gasteiger partial charge in [0.15, 0.2) is 11.2 Å². The molecule has 0 saturated heterocycles. The van der Waals surface area contributed by atoms with Crippen LogP contribution in [0.4, 0.5) is 8.78 Å². The Morgan fingerprint density at radius 2 is 2.05 bits per heavy atom. The van der Waals surface area contributed by atoms with Gasteiger partial charge in [-0.15, -0.1) is 0 Å². The number of halogens is 2. The average Bonchev–Trinajstić information content (AvgIpc) is 2.89. The normalized spacial score (nSPS) is 11.0. The van der Waals surface area contributed by atoms with Crippen LogP contribution in [0.3, 0.4) is 0 Å². The standard InChI is InChI=1S/C14H12F2N4O/c1-21-14-12-13(17-7-18-14)20(8-19-12)5-4-9-2-3-10(15)6-11(9)16/h2-3,6-8H,4-5H2,1H3. The number of imidazole rings is 1. The van der Waals surface area contributed by atoms with E-state index in [2.05, 4.69) is 15.0 Å². The minimum atomic E-state index is -0.582. The summed E-state index contributed by atoms with van der Waals surface area (Å²) >= 11 is 0. The Kier molecular flexibility index (Phi) is 3.47. The highest BCUT2D eigenvalue weighted by Gasteiger charge is 2.11. The van der Waals surface area contributed by atoms with E-state index in [1.165, 1.54) is 25.6 Å². The zero-order valence-electron chi connectivity index (χ0n) is 11.3. The number of hydrogen-bond donors (Lipinski definition) is 0. The second-order valence-corrected chi connectivity index (χ2v) is 4.48. The third kappa shape index (κ3) is 2.54. The van der Waals surface area contributed by atoms with Crippen LogP contribution in [-0.2, 0) is 13.0 Å². The number of benzene rings is 1. The van der Waals surface area contributed by atoms with Crippen molar-refractivity contribution >= 4 is 11.2 Å². The van der Waals surface area contributed by atoms with E-state index in [4.69, 9.17) is 4.74 Å². The Morgan fingerprint density at radius 1 is 1.19 bits per heavy atom. The molecule has 5 nitrogen and oxygen atoms in total. The van der Waals surface area contributed by atoms with E-state index in [1.807, 2.05) is 0 Å². The van der Waals surface area contributed by atoms with Gasteiger partial charge in [-0.1, -0.05) is 6.07 Å². The molecule has 0 aliphatic carbocycles. The van der Waals surface area contributed by atoms with E-state index in [-0.39, 0.29) is 0 Å². The lowest BCUT2D eigenvalue weighted by Crippen LogP contribution is -2.03. The van der Waals surface area contributed by atoms with Crippen LogP contribution in [0.1, 0.15) is 5.56 Å². The molecule has 7 heteroatoms. The summed E-state index contributed by atoms with van der Waals surface area (Å²) in [5.41, 5.74) is 1.61. The predicted octanol–water partition coefficient (Wildman–Crippen LogP) is 2.36. The van der Waals surface area contributed by atoms with Crippen LogP contribution < -0.4 is 4.74 Å². The van der Waals surface area contributed by atoms with Gasteiger partial charge >= 0.3 is 0 Å². The van der Waals surface area contributed by atoms with Gasteiger partial charge in [-0.2, -0.15) is 4.98 Å². The summed E-state index contributed by atoms with van der Waals surface area (Å²) < 4.78 is 33.4. The van der Waals surface area contributed by atoms with Gasteiger partial charge in [0.2, 0.25) is 5.88 Å². The molecule has 0 fully saturated rings. The number of methoxy groups -OCH3 is 1. The number of aryl methyl sites for hydroxylation is 2. The zero-order valence-corrected chi connectivity index (χ0v) is 11.3. The first-order valence-corrected chi connectivity index (χ1v) is 6.33. The Morgan fingerprint density at radius 3 is 2.81 bits per heavy atom. The first-order chi connectivity index (χ1) is 10.2. The molecule has 0 spiro atoms. The first-order valence-electron chi connectivity index (χ1n) is 6.33. The van der Waals surface area contributed by atoms with Crippen LogP contribution >= 0.6 is 0 Å². The first kappa shape index (κ1) is 13.4. The summed E-state index contributed by atoms with van der Waals surface area (Å²) in [5.74, 6) is -0.736. The SMILES string of the molecule is COc1ncnc2c1ncn2CCc1ccc(F)cc1F. The molecular formula is C14H12F2N4O. The maximum absolute atomic E-state index is 13.6. The smallest absolute Gasteiger partial charge is 0.245 e. The van der Waals surface area contributed by atoms with E-state index >= 15 is 0 Å². The van der Waals surface area contributed by atoms with Crippen molar-refractivity contribution in [3.63, 3.8) is 0 Å². The number of aromatic nitrogens is 4. The molecule has 0 aliphatic rings. The summed E-state index contributed by atoms with van der Waals surface area (Å²) in [6.45, 7) is 0.471. The summed E-state index contributed by atoms with van der Waals surface area (Å²) in [4.78, 5) is 12.3. The largest absolute Gasteiger partial charge is 0.479 e. The monoisotopic (exact) mass is 290 g/mol. The third-order valence-corrected chi connectivity index (χ3v) is 3.20. The van der Waals surface area contributed by atoms with Gasteiger partial charge in [-0.25, -0.2) is 18.7 Å². The maximum atomic E-state index is 13.6. The highest BCUT2D eigenvalue weighted by atomic mass is 19.1. The topological polar surface area (TPSA) is 52.8 Å². The van der Waals surface area contributed by atoms with E-state index in [0.29, 0.717) is 35.6 Å². The van der Waals surface area contributed by atoms with E-state index in [9.17, 15) is 8.78 Å². The fraction of sp³-hybridized carbons (Fsp3) is 0.214. The molecule has 3 aromatic rings.